The average molecular weight is 361 g/mol. The Morgan fingerprint density at radius 3 is 1.88 bits per heavy atom. The third-order valence-electron chi connectivity index (χ3n) is 5.71. The SMILES string of the molecule is C[Si](C)(c1ccccc1)[C@@]1(Sc2ccccc2)CC1c1ccccc1. The topological polar surface area (TPSA) is 0 Å². The van der Waals surface area contributed by atoms with Crippen molar-refractivity contribution in [2.24, 2.45) is 0 Å². The quantitative estimate of drug-likeness (QED) is 0.514. The Morgan fingerprint density at radius 2 is 1.28 bits per heavy atom. The molecule has 0 heterocycles. The van der Waals surface area contributed by atoms with E-state index in [1.54, 1.807) is 5.19 Å². The van der Waals surface area contributed by atoms with Crippen LogP contribution in [0.4, 0.5) is 0 Å². The molecule has 0 aliphatic heterocycles. The average Bonchev–Trinajstić information content (AvgIpc) is 3.40. The molecule has 1 unspecified atom stereocenters. The number of hydrogen-bond acceptors (Lipinski definition) is 1. The molecule has 1 saturated carbocycles. The first-order valence-corrected chi connectivity index (χ1v) is 12.8. The Kier molecular flexibility index (Phi) is 4.34. The van der Waals surface area contributed by atoms with Gasteiger partial charge >= 0.3 is 0 Å². The van der Waals surface area contributed by atoms with Gasteiger partial charge in [-0.05, 0) is 30.0 Å². The lowest BCUT2D eigenvalue weighted by molar-refractivity contribution is 1.09. The van der Waals surface area contributed by atoms with E-state index in [4.69, 9.17) is 0 Å². The van der Waals surface area contributed by atoms with Gasteiger partial charge in [0, 0.05) is 9.27 Å². The van der Waals surface area contributed by atoms with Gasteiger partial charge in [0.05, 0.1) is 8.07 Å². The van der Waals surface area contributed by atoms with Gasteiger partial charge in [-0.25, -0.2) is 0 Å². The summed E-state index contributed by atoms with van der Waals surface area (Å²) in [6, 6.07) is 33.3. The fourth-order valence-corrected chi connectivity index (χ4v) is 10.3. The Bertz CT molecular complexity index is 830. The lowest BCUT2D eigenvalue weighted by Gasteiger charge is -2.34. The minimum absolute atomic E-state index is 0.330. The number of thioether (sulfide) groups is 1. The summed E-state index contributed by atoms with van der Waals surface area (Å²) in [6.45, 7) is 5.11. The summed E-state index contributed by atoms with van der Waals surface area (Å²) in [5.41, 5.74) is 1.50. The predicted molar refractivity (Wildman–Crippen MR) is 112 cm³/mol. The standard InChI is InChI=1S/C23H24SSi/c1-25(2,21-16-10-5-11-17-21)23(24-20-14-8-4-9-15-20)18-22(23)19-12-6-3-7-13-19/h3-17,22H,18H2,1-2H3/t22?,23-/m0/s1. The van der Waals surface area contributed by atoms with E-state index in [-0.39, 0.29) is 0 Å². The summed E-state index contributed by atoms with van der Waals surface area (Å²) in [5, 5.41) is 1.57. The maximum atomic E-state index is 2.56. The minimum atomic E-state index is -1.66. The molecule has 0 saturated heterocycles. The molecule has 0 N–H and O–H groups in total. The van der Waals surface area contributed by atoms with Crippen LogP contribution in [0.3, 0.4) is 0 Å². The molecular weight excluding hydrogens is 336 g/mol. The molecule has 2 heteroatoms. The third kappa shape index (κ3) is 2.98. The summed E-state index contributed by atoms with van der Waals surface area (Å²) in [5.74, 6) is 0.653. The highest BCUT2D eigenvalue weighted by molar-refractivity contribution is 8.03. The van der Waals surface area contributed by atoms with E-state index in [2.05, 4.69) is 116 Å². The maximum Gasteiger partial charge on any atom is 0.0988 e. The highest BCUT2D eigenvalue weighted by atomic mass is 32.2. The molecule has 0 amide bonds. The first-order chi connectivity index (χ1) is 12.1. The van der Waals surface area contributed by atoms with Crippen molar-refractivity contribution >= 4 is 25.0 Å². The summed E-state index contributed by atoms with van der Waals surface area (Å²) in [7, 11) is -1.66. The number of hydrogen-bond donors (Lipinski definition) is 0. The van der Waals surface area contributed by atoms with Crippen LogP contribution in [0.5, 0.6) is 0 Å². The van der Waals surface area contributed by atoms with E-state index in [1.807, 2.05) is 0 Å². The van der Waals surface area contributed by atoms with Crippen LogP contribution in [-0.2, 0) is 0 Å². The van der Waals surface area contributed by atoms with Crippen molar-refractivity contribution in [1.29, 1.82) is 0 Å². The van der Waals surface area contributed by atoms with E-state index < -0.39 is 8.07 Å². The van der Waals surface area contributed by atoms with Crippen molar-refractivity contribution in [1.82, 2.24) is 0 Å². The Hall–Kier alpha value is -1.77. The van der Waals surface area contributed by atoms with Gasteiger partial charge in [-0.15, -0.1) is 11.8 Å². The smallest absolute Gasteiger partial charge is 0.0988 e. The molecule has 0 spiro atoms. The number of rotatable bonds is 5. The van der Waals surface area contributed by atoms with Crippen LogP contribution in [0.2, 0.25) is 13.1 Å². The highest BCUT2D eigenvalue weighted by Crippen LogP contribution is 2.66. The molecule has 2 atom stereocenters. The first kappa shape index (κ1) is 16.7. The van der Waals surface area contributed by atoms with Crippen LogP contribution in [0.15, 0.2) is 95.9 Å². The predicted octanol–water partition coefficient (Wildman–Crippen LogP) is 5.86. The van der Waals surface area contributed by atoms with Gasteiger partial charge in [0.25, 0.3) is 0 Å². The molecular formula is C23H24SSi. The Labute approximate surface area is 156 Å². The van der Waals surface area contributed by atoms with E-state index in [1.165, 1.54) is 16.9 Å². The second-order valence-corrected chi connectivity index (χ2v) is 13.9. The van der Waals surface area contributed by atoms with Crippen molar-refractivity contribution in [3.8, 4) is 0 Å². The molecule has 4 rings (SSSR count). The van der Waals surface area contributed by atoms with Gasteiger partial charge < -0.3 is 0 Å². The third-order valence-corrected chi connectivity index (χ3v) is 13.3. The Balaban J connectivity index is 1.75. The van der Waals surface area contributed by atoms with E-state index >= 15 is 0 Å². The largest absolute Gasteiger partial charge is 0.121 e. The van der Waals surface area contributed by atoms with E-state index in [9.17, 15) is 0 Å². The molecule has 1 fully saturated rings. The maximum absolute atomic E-state index is 2.56. The van der Waals surface area contributed by atoms with Crippen molar-refractivity contribution in [2.75, 3.05) is 0 Å². The lowest BCUT2D eigenvalue weighted by Crippen LogP contribution is -2.53. The summed E-state index contributed by atoms with van der Waals surface area (Å²) in [6.07, 6.45) is 1.28. The molecule has 3 aromatic carbocycles. The van der Waals surface area contributed by atoms with Gasteiger partial charge in [0.2, 0.25) is 0 Å². The summed E-state index contributed by atoms with van der Waals surface area (Å²) in [4.78, 5) is 1.40. The molecule has 25 heavy (non-hydrogen) atoms. The second-order valence-electron chi connectivity index (χ2n) is 7.46. The van der Waals surface area contributed by atoms with Crippen LogP contribution in [-0.4, -0.2) is 12.4 Å². The number of benzene rings is 3. The van der Waals surface area contributed by atoms with Gasteiger partial charge in [0.1, 0.15) is 0 Å². The fourth-order valence-electron chi connectivity index (χ4n) is 4.05. The molecule has 126 valence electrons. The monoisotopic (exact) mass is 360 g/mol. The van der Waals surface area contributed by atoms with Crippen LogP contribution >= 0.6 is 11.8 Å². The zero-order valence-electron chi connectivity index (χ0n) is 14.9. The van der Waals surface area contributed by atoms with Crippen molar-refractivity contribution in [3.05, 3.63) is 96.6 Å². The molecule has 1 aliphatic rings. The van der Waals surface area contributed by atoms with Gasteiger partial charge in [0.15, 0.2) is 0 Å². The molecule has 0 bridgehead atoms. The van der Waals surface area contributed by atoms with Crippen molar-refractivity contribution in [2.45, 2.75) is 34.7 Å². The van der Waals surface area contributed by atoms with Crippen LogP contribution in [0.1, 0.15) is 17.9 Å². The van der Waals surface area contributed by atoms with Gasteiger partial charge in [-0.2, -0.15) is 0 Å². The lowest BCUT2D eigenvalue weighted by atomic mass is 10.1. The van der Waals surface area contributed by atoms with Gasteiger partial charge in [-0.3, -0.25) is 0 Å². The van der Waals surface area contributed by atoms with Crippen LogP contribution in [0.25, 0.3) is 0 Å². The Morgan fingerprint density at radius 1 is 0.760 bits per heavy atom. The normalized spacial score (nSPS) is 22.6. The highest BCUT2D eigenvalue weighted by Gasteiger charge is 2.65. The van der Waals surface area contributed by atoms with E-state index in [0.29, 0.717) is 10.3 Å². The summed E-state index contributed by atoms with van der Waals surface area (Å²) >= 11 is 2.12. The molecule has 3 aromatic rings. The fraction of sp³-hybridized carbons (Fsp3) is 0.217. The zero-order chi connectivity index (χ0) is 17.3. The molecule has 1 aliphatic carbocycles. The first-order valence-electron chi connectivity index (χ1n) is 8.98. The molecule has 0 aromatic heterocycles. The van der Waals surface area contributed by atoms with Gasteiger partial charge in [-0.1, -0.05) is 97.1 Å². The zero-order valence-corrected chi connectivity index (χ0v) is 16.7. The summed E-state index contributed by atoms with van der Waals surface area (Å²) < 4.78 is 0.330. The van der Waals surface area contributed by atoms with Crippen molar-refractivity contribution in [3.63, 3.8) is 0 Å². The minimum Gasteiger partial charge on any atom is -0.121 e. The second kappa shape index (κ2) is 6.51. The van der Waals surface area contributed by atoms with Crippen LogP contribution in [0, 0.1) is 0 Å². The van der Waals surface area contributed by atoms with E-state index in [0.717, 1.165) is 0 Å². The van der Waals surface area contributed by atoms with Crippen molar-refractivity contribution < 1.29 is 0 Å². The molecule has 0 radical (unpaired) electrons. The van der Waals surface area contributed by atoms with Crippen LogP contribution < -0.4 is 5.19 Å². The molecule has 0 nitrogen and oxygen atoms in total.